The third-order valence-electron chi connectivity index (χ3n) is 1.31. The van der Waals surface area contributed by atoms with E-state index in [1.54, 1.807) is 4.57 Å². The minimum absolute atomic E-state index is 0.303. The molecule has 11 heavy (non-hydrogen) atoms. The predicted octanol–water partition coefficient (Wildman–Crippen LogP) is 0.308. The molecule has 5 heteroatoms. The molecule has 0 spiro atoms. The monoisotopic (exact) mass is 173 g/mol. The van der Waals surface area contributed by atoms with E-state index < -0.39 is 0 Å². The van der Waals surface area contributed by atoms with Crippen LogP contribution in [0.2, 0.25) is 5.28 Å². The van der Waals surface area contributed by atoms with Crippen molar-refractivity contribution in [3.63, 3.8) is 0 Å². The summed E-state index contributed by atoms with van der Waals surface area (Å²) in [6, 6.07) is 0. The van der Waals surface area contributed by atoms with Crippen LogP contribution in [-0.2, 0) is 6.54 Å². The first-order valence-electron chi connectivity index (χ1n) is 3.16. The summed E-state index contributed by atoms with van der Waals surface area (Å²) in [5, 5.41) is 0.303. The molecule has 60 valence electrons. The standard InChI is InChI=1S/C6H8ClN3O/c7-6-9-3-5(4-11)10(6)2-1-8/h3-4H,1-2,8H2. The Balaban J connectivity index is 2.97. The molecule has 1 rings (SSSR count). The third kappa shape index (κ3) is 1.58. The van der Waals surface area contributed by atoms with E-state index in [1.807, 2.05) is 0 Å². The number of halogens is 1. The molecule has 0 aromatic carbocycles. The molecule has 0 atom stereocenters. The topological polar surface area (TPSA) is 60.9 Å². The number of nitrogens with two attached hydrogens (primary N) is 1. The van der Waals surface area contributed by atoms with Crippen LogP contribution in [-0.4, -0.2) is 22.4 Å². The van der Waals surface area contributed by atoms with Gasteiger partial charge in [-0.25, -0.2) is 4.98 Å². The number of imidazole rings is 1. The first-order valence-corrected chi connectivity index (χ1v) is 3.53. The number of aromatic nitrogens is 2. The van der Waals surface area contributed by atoms with Crippen molar-refractivity contribution >= 4 is 17.9 Å². The minimum Gasteiger partial charge on any atom is -0.329 e. The van der Waals surface area contributed by atoms with Gasteiger partial charge in [0.15, 0.2) is 6.29 Å². The van der Waals surface area contributed by atoms with Gasteiger partial charge in [-0.3, -0.25) is 4.79 Å². The molecule has 0 unspecified atom stereocenters. The molecule has 1 aromatic rings. The SMILES string of the molecule is NCCn1c(C=O)cnc1Cl. The highest BCUT2D eigenvalue weighted by Crippen LogP contribution is 2.07. The average Bonchev–Trinajstić information content (AvgIpc) is 2.34. The fourth-order valence-electron chi connectivity index (χ4n) is 0.810. The molecule has 0 fully saturated rings. The van der Waals surface area contributed by atoms with Crippen molar-refractivity contribution in [2.75, 3.05) is 6.54 Å². The Morgan fingerprint density at radius 3 is 3.09 bits per heavy atom. The third-order valence-corrected chi connectivity index (χ3v) is 1.61. The molecule has 1 aromatic heterocycles. The number of carbonyl (C=O) groups excluding carboxylic acids is 1. The van der Waals surface area contributed by atoms with E-state index >= 15 is 0 Å². The quantitative estimate of drug-likeness (QED) is 0.670. The van der Waals surface area contributed by atoms with Crippen molar-refractivity contribution in [3.05, 3.63) is 17.2 Å². The number of aldehydes is 1. The molecular formula is C6H8ClN3O. The largest absolute Gasteiger partial charge is 0.329 e. The van der Waals surface area contributed by atoms with Gasteiger partial charge >= 0.3 is 0 Å². The number of carbonyl (C=O) groups is 1. The Morgan fingerprint density at radius 1 is 1.82 bits per heavy atom. The lowest BCUT2D eigenvalue weighted by Crippen LogP contribution is -2.11. The zero-order valence-corrected chi connectivity index (χ0v) is 6.58. The molecule has 0 aliphatic carbocycles. The van der Waals surface area contributed by atoms with Gasteiger partial charge < -0.3 is 10.3 Å². The molecule has 0 aliphatic heterocycles. The van der Waals surface area contributed by atoms with E-state index in [-0.39, 0.29) is 0 Å². The maximum Gasteiger partial charge on any atom is 0.203 e. The second-order valence-electron chi connectivity index (χ2n) is 2.01. The van der Waals surface area contributed by atoms with E-state index in [1.165, 1.54) is 6.20 Å². The first kappa shape index (κ1) is 8.23. The molecule has 4 nitrogen and oxygen atoms in total. The molecule has 0 bridgehead atoms. The van der Waals surface area contributed by atoms with Gasteiger partial charge in [0.1, 0.15) is 5.69 Å². The molecule has 0 amide bonds. The summed E-state index contributed by atoms with van der Waals surface area (Å²) in [6.45, 7) is 0.962. The van der Waals surface area contributed by atoms with E-state index in [4.69, 9.17) is 17.3 Å². The van der Waals surface area contributed by atoms with Crippen molar-refractivity contribution < 1.29 is 4.79 Å². The number of rotatable bonds is 3. The summed E-state index contributed by atoms with van der Waals surface area (Å²) >= 11 is 5.64. The second-order valence-corrected chi connectivity index (χ2v) is 2.35. The summed E-state index contributed by atoms with van der Waals surface area (Å²) in [6.07, 6.45) is 2.12. The van der Waals surface area contributed by atoms with Gasteiger partial charge in [0.2, 0.25) is 5.28 Å². The fourth-order valence-corrected chi connectivity index (χ4v) is 1.04. The Hall–Kier alpha value is -0.870. The summed E-state index contributed by atoms with van der Waals surface area (Å²) in [5.41, 5.74) is 5.75. The molecule has 0 aliphatic rings. The van der Waals surface area contributed by atoms with Crippen molar-refractivity contribution in [2.45, 2.75) is 6.54 Å². The Kier molecular flexibility index (Phi) is 2.62. The van der Waals surface area contributed by atoms with Crippen LogP contribution in [0.3, 0.4) is 0 Å². The summed E-state index contributed by atoms with van der Waals surface area (Å²) in [5.74, 6) is 0. The van der Waals surface area contributed by atoms with Crippen molar-refractivity contribution in [1.29, 1.82) is 0 Å². The van der Waals surface area contributed by atoms with Crippen LogP contribution in [0.5, 0.6) is 0 Å². The minimum atomic E-state index is 0.303. The van der Waals surface area contributed by atoms with Gasteiger partial charge in [-0.05, 0) is 11.6 Å². The summed E-state index contributed by atoms with van der Waals surface area (Å²) in [7, 11) is 0. The van der Waals surface area contributed by atoms with Crippen LogP contribution < -0.4 is 5.73 Å². The average molecular weight is 174 g/mol. The molecule has 0 saturated carbocycles. The van der Waals surface area contributed by atoms with Crippen LogP contribution in [0.25, 0.3) is 0 Å². The Bertz CT molecular complexity index is 258. The molecule has 0 saturated heterocycles. The van der Waals surface area contributed by atoms with Gasteiger partial charge in [0.25, 0.3) is 0 Å². The van der Waals surface area contributed by atoms with Crippen LogP contribution in [0.4, 0.5) is 0 Å². The summed E-state index contributed by atoms with van der Waals surface area (Å²) < 4.78 is 1.56. The summed E-state index contributed by atoms with van der Waals surface area (Å²) in [4.78, 5) is 14.1. The number of hydrogen-bond donors (Lipinski definition) is 1. The van der Waals surface area contributed by atoms with E-state index in [0.717, 1.165) is 0 Å². The van der Waals surface area contributed by atoms with Crippen LogP contribution in [0, 0.1) is 0 Å². The van der Waals surface area contributed by atoms with E-state index in [0.29, 0.717) is 30.4 Å². The van der Waals surface area contributed by atoms with Crippen LogP contribution in [0.1, 0.15) is 10.5 Å². The van der Waals surface area contributed by atoms with Gasteiger partial charge in [0.05, 0.1) is 6.20 Å². The van der Waals surface area contributed by atoms with Gasteiger partial charge in [-0.2, -0.15) is 0 Å². The van der Waals surface area contributed by atoms with Crippen molar-refractivity contribution in [3.8, 4) is 0 Å². The molecule has 0 radical (unpaired) electrons. The fraction of sp³-hybridized carbons (Fsp3) is 0.333. The zero-order chi connectivity index (χ0) is 8.27. The Morgan fingerprint density at radius 2 is 2.55 bits per heavy atom. The van der Waals surface area contributed by atoms with Gasteiger partial charge in [-0.15, -0.1) is 0 Å². The maximum absolute atomic E-state index is 10.4. The van der Waals surface area contributed by atoms with Crippen molar-refractivity contribution in [2.24, 2.45) is 5.73 Å². The maximum atomic E-state index is 10.4. The predicted molar refractivity (Wildman–Crippen MR) is 41.7 cm³/mol. The lowest BCUT2D eigenvalue weighted by atomic mass is 10.5. The number of hydrogen-bond acceptors (Lipinski definition) is 3. The van der Waals surface area contributed by atoms with Crippen LogP contribution >= 0.6 is 11.6 Å². The highest BCUT2D eigenvalue weighted by Gasteiger charge is 2.04. The van der Waals surface area contributed by atoms with Crippen molar-refractivity contribution in [1.82, 2.24) is 9.55 Å². The highest BCUT2D eigenvalue weighted by atomic mass is 35.5. The Labute approximate surface area is 69.0 Å². The van der Waals surface area contributed by atoms with E-state index in [2.05, 4.69) is 4.98 Å². The zero-order valence-electron chi connectivity index (χ0n) is 5.83. The number of nitrogens with zero attached hydrogens (tertiary/aromatic N) is 2. The lowest BCUT2D eigenvalue weighted by molar-refractivity contribution is 0.111. The first-order chi connectivity index (χ1) is 5.29. The van der Waals surface area contributed by atoms with Gasteiger partial charge in [-0.1, -0.05) is 0 Å². The molecule has 1 heterocycles. The molecule has 2 N–H and O–H groups in total. The van der Waals surface area contributed by atoms with E-state index in [9.17, 15) is 4.79 Å². The second kappa shape index (κ2) is 3.50. The van der Waals surface area contributed by atoms with Gasteiger partial charge in [0, 0.05) is 13.1 Å². The highest BCUT2D eigenvalue weighted by molar-refractivity contribution is 6.28. The smallest absolute Gasteiger partial charge is 0.203 e. The normalized spacial score (nSPS) is 10.0. The lowest BCUT2D eigenvalue weighted by Gasteiger charge is -2.01. The van der Waals surface area contributed by atoms with Crippen LogP contribution in [0.15, 0.2) is 6.20 Å². The molecular weight excluding hydrogens is 166 g/mol.